The van der Waals surface area contributed by atoms with Crippen molar-refractivity contribution in [2.45, 2.75) is 45.6 Å². The van der Waals surface area contributed by atoms with E-state index in [0.29, 0.717) is 17.0 Å². The standard InChI is InChI=1S/C27H29BrN2O4S/c1-26(2,3)34-25(32)29-14-27(4,5)16-9-7-15(8-10-16)20-19(33-6)13-18(28)22-21(20)17-11-12-35-23(17)24(31)30-22/h7-13H,14H2,1-6H3,(H,29,32)(H,30,31). The molecule has 0 saturated carbocycles. The summed E-state index contributed by atoms with van der Waals surface area (Å²) in [5.74, 6) is 0.711. The van der Waals surface area contributed by atoms with Crippen molar-refractivity contribution >= 4 is 54.3 Å². The number of rotatable bonds is 5. The van der Waals surface area contributed by atoms with Gasteiger partial charge in [0.2, 0.25) is 0 Å². The van der Waals surface area contributed by atoms with Crippen LogP contribution in [0.4, 0.5) is 4.79 Å². The predicted octanol–water partition coefficient (Wildman–Crippen LogP) is 6.98. The van der Waals surface area contributed by atoms with Gasteiger partial charge >= 0.3 is 6.09 Å². The van der Waals surface area contributed by atoms with Gasteiger partial charge in [0.1, 0.15) is 16.1 Å². The Kier molecular flexibility index (Phi) is 6.72. The Hall–Kier alpha value is -2.84. The molecule has 184 valence electrons. The number of H-pyrrole nitrogens is 1. The lowest BCUT2D eigenvalue weighted by Gasteiger charge is -2.27. The number of thiophene rings is 1. The number of benzene rings is 2. The zero-order valence-electron chi connectivity index (χ0n) is 20.7. The van der Waals surface area contributed by atoms with Gasteiger partial charge in [0.25, 0.3) is 5.56 Å². The topological polar surface area (TPSA) is 80.4 Å². The van der Waals surface area contributed by atoms with Crippen LogP contribution < -0.4 is 15.6 Å². The summed E-state index contributed by atoms with van der Waals surface area (Å²) in [7, 11) is 1.65. The average Bonchev–Trinajstić information content (AvgIpc) is 3.28. The maximum absolute atomic E-state index is 12.6. The molecule has 0 radical (unpaired) electrons. The fourth-order valence-electron chi connectivity index (χ4n) is 4.12. The third-order valence-electron chi connectivity index (χ3n) is 5.87. The maximum Gasteiger partial charge on any atom is 0.407 e. The van der Waals surface area contributed by atoms with Gasteiger partial charge in [-0.1, -0.05) is 38.1 Å². The molecule has 0 unspecified atom stereocenters. The lowest BCUT2D eigenvalue weighted by atomic mass is 9.83. The highest BCUT2D eigenvalue weighted by Crippen LogP contribution is 2.43. The molecule has 0 atom stereocenters. The molecule has 2 N–H and O–H groups in total. The Morgan fingerprint density at radius 3 is 2.43 bits per heavy atom. The molecule has 2 aromatic carbocycles. The van der Waals surface area contributed by atoms with Crippen LogP contribution >= 0.6 is 27.3 Å². The molecule has 0 spiro atoms. The van der Waals surface area contributed by atoms with Crippen molar-refractivity contribution in [1.82, 2.24) is 10.3 Å². The minimum atomic E-state index is -0.541. The van der Waals surface area contributed by atoms with Crippen molar-refractivity contribution in [3.63, 3.8) is 0 Å². The lowest BCUT2D eigenvalue weighted by molar-refractivity contribution is 0.0517. The number of carbonyl (C=O) groups excluding carboxylic acids is 1. The number of methoxy groups -OCH3 is 1. The lowest BCUT2D eigenvalue weighted by Crippen LogP contribution is -2.39. The molecule has 6 nitrogen and oxygen atoms in total. The number of carbonyl (C=O) groups is 1. The molecule has 0 bridgehead atoms. The number of amides is 1. The summed E-state index contributed by atoms with van der Waals surface area (Å²) in [5, 5.41) is 6.64. The number of hydrogen-bond donors (Lipinski definition) is 2. The molecular formula is C27H29BrN2O4S. The van der Waals surface area contributed by atoms with E-state index in [4.69, 9.17) is 9.47 Å². The number of nitrogens with one attached hydrogen (secondary N) is 2. The zero-order chi connectivity index (χ0) is 25.5. The monoisotopic (exact) mass is 556 g/mol. The smallest absolute Gasteiger partial charge is 0.407 e. The van der Waals surface area contributed by atoms with Gasteiger partial charge in [-0.25, -0.2) is 4.79 Å². The molecule has 8 heteroatoms. The number of ether oxygens (including phenoxy) is 2. The maximum atomic E-state index is 12.6. The molecule has 35 heavy (non-hydrogen) atoms. The highest BCUT2D eigenvalue weighted by atomic mass is 79.9. The van der Waals surface area contributed by atoms with Gasteiger partial charge in [0.05, 0.1) is 12.6 Å². The Balaban J connectivity index is 1.74. The molecular weight excluding hydrogens is 528 g/mol. The number of alkyl carbamates (subject to hydrolysis) is 1. The summed E-state index contributed by atoms with van der Waals surface area (Å²) in [4.78, 5) is 27.8. The van der Waals surface area contributed by atoms with Gasteiger partial charge in [0, 0.05) is 32.8 Å². The first-order chi connectivity index (χ1) is 16.4. The molecule has 2 aromatic heterocycles. The number of fused-ring (bicyclic) bond motifs is 3. The molecule has 4 aromatic rings. The number of hydrogen-bond acceptors (Lipinski definition) is 5. The molecule has 0 fully saturated rings. The van der Waals surface area contributed by atoms with Crippen molar-refractivity contribution in [2.75, 3.05) is 13.7 Å². The number of aromatic amines is 1. The predicted molar refractivity (Wildman–Crippen MR) is 147 cm³/mol. The molecule has 0 aliphatic rings. The van der Waals surface area contributed by atoms with E-state index in [1.54, 1.807) is 7.11 Å². The zero-order valence-corrected chi connectivity index (χ0v) is 23.1. The summed E-state index contributed by atoms with van der Waals surface area (Å²) in [6.45, 7) is 10.1. The third-order valence-corrected chi connectivity index (χ3v) is 7.41. The first kappa shape index (κ1) is 25.3. The molecule has 4 rings (SSSR count). The van der Waals surface area contributed by atoms with Gasteiger partial charge in [-0.15, -0.1) is 11.3 Å². The van der Waals surface area contributed by atoms with Crippen LogP contribution in [0.5, 0.6) is 5.75 Å². The van der Waals surface area contributed by atoms with Crippen LogP contribution in [0.3, 0.4) is 0 Å². The van der Waals surface area contributed by atoms with Crippen LogP contribution in [0.25, 0.3) is 32.1 Å². The Labute approximate surface area is 216 Å². The van der Waals surface area contributed by atoms with Crippen molar-refractivity contribution in [3.8, 4) is 16.9 Å². The number of pyridine rings is 1. The average molecular weight is 558 g/mol. The highest BCUT2D eigenvalue weighted by Gasteiger charge is 2.24. The Morgan fingerprint density at radius 2 is 1.80 bits per heavy atom. The van der Waals surface area contributed by atoms with E-state index in [1.807, 2.05) is 38.3 Å². The highest BCUT2D eigenvalue weighted by molar-refractivity contribution is 9.10. The molecule has 0 aliphatic carbocycles. The minimum absolute atomic E-state index is 0.103. The summed E-state index contributed by atoms with van der Waals surface area (Å²) < 4.78 is 12.6. The Bertz CT molecular complexity index is 1460. The van der Waals surface area contributed by atoms with E-state index in [1.165, 1.54) is 11.3 Å². The SMILES string of the molecule is COc1cc(Br)c2[nH]c(=O)c3sccc3c2c1-c1ccc(C(C)(C)CNC(=O)OC(C)(C)C)cc1. The number of aromatic nitrogens is 1. The first-order valence-electron chi connectivity index (χ1n) is 11.3. The summed E-state index contributed by atoms with van der Waals surface area (Å²) in [5.41, 5.74) is 2.75. The largest absolute Gasteiger partial charge is 0.496 e. The van der Waals surface area contributed by atoms with E-state index in [9.17, 15) is 9.59 Å². The van der Waals surface area contributed by atoms with Crippen LogP contribution in [-0.4, -0.2) is 30.3 Å². The number of halogens is 1. The van der Waals surface area contributed by atoms with Gasteiger partial charge < -0.3 is 19.8 Å². The third kappa shape index (κ3) is 5.09. The van der Waals surface area contributed by atoms with Crippen molar-refractivity contribution in [2.24, 2.45) is 0 Å². The quantitative estimate of drug-likeness (QED) is 0.277. The van der Waals surface area contributed by atoms with Crippen molar-refractivity contribution in [3.05, 3.63) is 62.2 Å². The second-order valence-electron chi connectivity index (χ2n) is 10.1. The van der Waals surface area contributed by atoms with Crippen LogP contribution in [0, 0.1) is 0 Å². The van der Waals surface area contributed by atoms with Gasteiger partial charge in [0.15, 0.2) is 0 Å². The summed E-state index contributed by atoms with van der Waals surface area (Å²) >= 11 is 5.02. The van der Waals surface area contributed by atoms with E-state index >= 15 is 0 Å². The van der Waals surface area contributed by atoms with E-state index in [0.717, 1.165) is 37.5 Å². The van der Waals surface area contributed by atoms with Crippen LogP contribution in [-0.2, 0) is 10.2 Å². The van der Waals surface area contributed by atoms with Gasteiger partial charge in [-0.3, -0.25) is 4.79 Å². The Morgan fingerprint density at radius 1 is 1.11 bits per heavy atom. The second-order valence-corrected chi connectivity index (χ2v) is 11.9. The summed E-state index contributed by atoms with van der Waals surface area (Å²) in [6, 6.07) is 12.1. The second kappa shape index (κ2) is 9.32. The van der Waals surface area contributed by atoms with Gasteiger partial charge in [-0.2, -0.15) is 0 Å². The normalized spacial score (nSPS) is 12.2. The van der Waals surface area contributed by atoms with E-state index < -0.39 is 11.7 Å². The minimum Gasteiger partial charge on any atom is -0.496 e. The van der Waals surface area contributed by atoms with Crippen LogP contribution in [0.15, 0.2) is 51.0 Å². The van der Waals surface area contributed by atoms with Crippen molar-refractivity contribution in [1.29, 1.82) is 0 Å². The fourth-order valence-corrected chi connectivity index (χ4v) is 5.42. The molecule has 0 aliphatic heterocycles. The summed E-state index contributed by atoms with van der Waals surface area (Å²) in [6.07, 6.45) is -0.429. The van der Waals surface area contributed by atoms with E-state index in [2.05, 4.69) is 64.3 Å². The first-order valence-corrected chi connectivity index (χ1v) is 13.0. The molecule has 0 saturated heterocycles. The van der Waals surface area contributed by atoms with Gasteiger partial charge in [-0.05, 0) is 65.3 Å². The van der Waals surface area contributed by atoms with Crippen molar-refractivity contribution < 1.29 is 14.3 Å². The molecule has 1 amide bonds. The molecule has 2 heterocycles. The van der Waals surface area contributed by atoms with Crippen LogP contribution in [0.1, 0.15) is 40.2 Å². The van der Waals surface area contributed by atoms with Crippen LogP contribution in [0.2, 0.25) is 0 Å². The van der Waals surface area contributed by atoms with E-state index in [-0.39, 0.29) is 11.0 Å². The fraction of sp³-hybridized carbons (Fsp3) is 0.333.